The molecule has 0 aromatic heterocycles. The molecule has 4 rings (SSSR count). The van der Waals surface area contributed by atoms with Crippen molar-refractivity contribution in [2.45, 2.75) is 64.1 Å². The molecule has 2 aromatic rings. The zero-order chi connectivity index (χ0) is 24.8. The minimum absolute atomic E-state index is 0.0294. The van der Waals surface area contributed by atoms with Crippen LogP contribution in [0.15, 0.2) is 48.5 Å². The topological polar surface area (TPSA) is 121 Å². The van der Waals surface area contributed by atoms with Crippen LogP contribution in [0.2, 0.25) is 0 Å². The van der Waals surface area contributed by atoms with Gasteiger partial charge in [-0.25, -0.2) is 4.79 Å². The number of nitriles is 1. The van der Waals surface area contributed by atoms with Gasteiger partial charge in [0.15, 0.2) is 5.96 Å². The number of carbonyl (C=O) groups excluding carboxylic acids is 2. The predicted octanol–water partition coefficient (Wildman–Crippen LogP) is 4.48. The van der Waals surface area contributed by atoms with E-state index in [2.05, 4.69) is 16.0 Å². The number of rotatable bonds is 7. The Morgan fingerprint density at radius 1 is 1.11 bits per heavy atom. The fraction of sp³-hybridized carbons (Fsp3) is 0.407. The summed E-state index contributed by atoms with van der Waals surface area (Å²) in [6, 6.07) is 16.0. The smallest absolute Gasteiger partial charge is 0.319 e. The summed E-state index contributed by atoms with van der Waals surface area (Å²) >= 11 is 0. The first-order chi connectivity index (χ1) is 16.9. The highest BCUT2D eigenvalue weighted by Gasteiger charge is 2.46. The number of benzene rings is 2. The molecule has 2 aliphatic rings. The van der Waals surface area contributed by atoms with Crippen molar-refractivity contribution in [3.63, 3.8) is 0 Å². The molecule has 0 bridgehead atoms. The summed E-state index contributed by atoms with van der Waals surface area (Å²) < 4.78 is 0. The van der Waals surface area contributed by atoms with Crippen LogP contribution in [0.4, 0.5) is 10.5 Å². The summed E-state index contributed by atoms with van der Waals surface area (Å²) in [6.07, 6.45) is 6.85. The molecule has 182 valence electrons. The Bertz CT molecular complexity index is 1120. The third-order valence-electron chi connectivity index (χ3n) is 6.89. The first-order valence-corrected chi connectivity index (χ1v) is 12.2. The highest BCUT2D eigenvalue weighted by atomic mass is 16.2. The van der Waals surface area contributed by atoms with Crippen molar-refractivity contribution in [1.29, 1.82) is 10.7 Å². The van der Waals surface area contributed by atoms with Crippen molar-refractivity contribution in [2.75, 3.05) is 5.32 Å². The fourth-order valence-corrected chi connectivity index (χ4v) is 4.97. The molecule has 0 spiro atoms. The van der Waals surface area contributed by atoms with E-state index < -0.39 is 5.54 Å². The summed E-state index contributed by atoms with van der Waals surface area (Å²) in [5.41, 5.74) is 2.29. The lowest BCUT2D eigenvalue weighted by Crippen LogP contribution is -2.45. The normalized spacial score (nSPS) is 20.3. The average molecular weight is 473 g/mol. The van der Waals surface area contributed by atoms with Crippen LogP contribution in [-0.2, 0) is 17.9 Å². The van der Waals surface area contributed by atoms with Gasteiger partial charge in [-0.3, -0.25) is 15.1 Å². The number of guanidine groups is 1. The van der Waals surface area contributed by atoms with E-state index in [1.165, 1.54) is 37.0 Å². The Hall–Kier alpha value is -3.86. The number of hydrogen-bond acceptors (Lipinski definition) is 4. The summed E-state index contributed by atoms with van der Waals surface area (Å²) in [5, 5.41) is 25.9. The molecule has 1 aliphatic heterocycles. The monoisotopic (exact) mass is 472 g/mol. The van der Waals surface area contributed by atoms with Crippen LogP contribution in [0.3, 0.4) is 0 Å². The molecule has 3 amide bonds. The first-order valence-electron chi connectivity index (χ1n) is 12.2. The highest BCUT2D eigenvalue weighted by Crippen LogP contribution is 2.33. The summed E-state index contributed by atoms with van der Waals surface area (Å²) in [5.74, 6) is 0.677. The van der Waals surface area contributed by atoms with Crippen LogP contribution >= 0.6 is 0 Å². The Labute approximate surface area is 206 Å². The van der Waals surface area contributed by atoms with Gasteiger partial charge in [-0.15, -0.1) is 0 Å². The van der Waals surface area contributed by atoms with Crippen molar-refractivity contribution in [3.8, 4) is 6.07 Å². The van der Waals surface area contributed by atoms with Crippen LogP contribution in [0.5, 0.6) is 0 Å². The van der Waals surface area contributed by atoms with Gasteiger partial charge in [-0.2, -0.15) is 5.26 Å². The fourth-order valence-electron chi connectivity index (χ4n) is 4.97. The lowest BCUT2D eigenvalue weighted by molar-refractivity contribution is -0.131. The number of nitrogens with one attached hydrogen (secondary N) is 4. The summed E-state index contributed by atoms with van der Waals surface area (Å²) in [6.45, 7) is 2.62. The van der Waals surface area contributed by atoms with E-state index in [0.717, 1.165) is 17.5 Å². The molecule has 0 radical (unpaired) electrons. The van der Waals surface area contributed by atoms with E-state index in [0.29, 0.717) is 30.3 Å². The molecular formula is C27H32N6O2. The maximum absolute atomic E-state index is 13.2. The van der Waals surface area contributed by atoms with Crippen LogP contribution < -0.4 is 16.0 Å². The zero-order valence-electron chi connectivity index (χ0n) is 20.1. The Balaban J connectivity index is 1.28. The second-order valence-electron chi connectivity index (χ2n) is 9.72. The van der Waals surface area contributed by atoms with Gasteiger partial charge in [0.1, 0.15) is 5.54 Å². The number of anilines is 1. The first kappa shape index (κ1) is 24.3. The van der Waals surface area contributed by atoms with Crippen LogP contribution in [0.1, 0.15) is 62.1 Å². The second kappa shape index (κ2) is 10.6. The van der Waals surface area contributed by atoms with Gasteiger partial charge in [-0.05, 0) is 54.7 Å². The van der Waals surface area contributed by atoms with Gasteiger partial charge in [0, 0.05) is 12.2 Å². The molecular weight excluding hydrogens is 440 g/mol. The molecule has 1 aliphatic carbocycles. The molecule has 35 heavy (non-hydrogen) atoms. The van der Waals surface area contributed by atoms with Crippen LogP contribution in [0, 0.1) is 22.7 Å². The molecule has 1 unspecified atom stereocenters. The lowest BCUT2D eigenvalue weighted by Gasteiger charge is -2.30. The van der Waals surface area contributed by atoms with E-state index in [1.54, 1.807) is 24.3 Å². The van der Waals surface area contributed by atoms with Crippen molar-refractivity contribution in [1.82, 2.24) is 15.5 Å². The third kappa shape index (κ3) is 5.99. The molecule has 8 heteroatoms. The molecule has 2 aromatic carbocycles. The molecule has 1 atom stereocenters. The molecule has 4 N–H and O–H groups in total. The van der Waals surface area contributed by atoms with E-state index in [1.807, 2.05) is 37.3 Å². The van der Waals surface area contributed by atoms with Gasteiger partial charge in [0.25, 0.3) is 5.91 Å². The van der Waals surface area contributed by atoms with Gasteiger partial charge in [0.05, 0.1) is 18.2 Å². The Kier molecular flexibility index (Phi) is 7.35. The molecule has 1 saturated heterocycles. The van der Waals surface area contributed by atoms with E-state index >= 15 is 0 Å². The summed E-state index contributed by atoms with van der Waals surface area (Å²) in [4.78, 5) is 26.9. The number of nitrogens with zero attached hydrogens (tertiary/aromatic N) is 2. The number of urea groups is 1. The van der Waals surface area contributed by atoms with E-state index in [9.17, 15) is 9.59 Å². The SMILES string of the molecule is CC1(CC2CCCCC2)NC(=N)N(Cc2ccc(CNC(=O)Nc3ccc(C#N)cc3)cc2)C1=O. The molecule has 8 nitrogen and oxygen atoms in total. The number of hydrogen-bond donors (Lipinski definition) is 4. The van der Waals surface area contributed by atoms with Gasteiger partial charge >= 0.3 is 6.03 Å². The third-order valence-corrected chi connectivity index (χ3v) is 6.89. The average Bonchev–Trinajstić information content (AvgIpc) is 3.07. The van der Waals surface area contributed by atoms with E-state index in [-0.39, 0.29) is 17.9 Å². The predicted molar refractivity (Wildman–Crippen MR) is 134 cm³/mol. The maximum Gasteiger partial charge on any atom is 0.319 e. The van der Waals surface area contributed by atoms with Gasteiger partial charge < -0.3 is 16.0 Å². The Morgan fingerprint density at radius 3 is 2.43 bits per heavy atom. The quantitative estimate of drug-likeness (QED) is 0.475. The standard InChI is InChI=1S/C27H32N6O2/c1-27(15-19-5-3-2-4-6-19)24(34)33(25(29)32-27)18-22-9-7-21(8-10-22)17-30-26(35)31-23-13-11-20(16-28)12-14-23/h7-14,19H,2-6,15,17-18H2,1H3,(H2,29,32)(H2,30,31,35). The lowest BCUT2D eigenvalue weighted by atomic mass is 9.80. The minimum Gasteiger partial charge on any atom is -0.342 e. The number of carbonyl (C=O) groups is 2. The van der Waals surface area contributed by atoms with Crippen molar-refractivity contribution in [2.24, 2.45) is 5.92 Å². The van der Waals surface area contributed by atoms with Gasteiger partial charge in [0.2, 0.25) is 0 Å². The zero-order valence-corrected chi connectivity index (χ0v) is 20.1. The van der Waals surface area contributed by atoms with Crippen LogP contribution in [-0.4, -0.2) is 28.3 Å². The van der Waals surface area contributed by atoms with Gasteiger partial charge in [-0.1, -0.05) is 56.4 Å². The largest absolute Gasteiger partial charge is 0.342 e. The molecule has 2 fully saturated rings. The van der Waals surface area contributed by atoms with Crippen molar-refractivity contribution >= 4 is 23.6 Å². The molecule has 1 heterocycles. The van der Waals surface area contributed by atoms with Crippen LogP contribution in [0.25, 0.3) is 0 Å². The van der Waals surface area contributed by atoms with E-state index in [4.69, 9.17) is 10.7 Å². The summed E-state index contributed by atoms with van der Waals surface area (Å²) in [7, 11) is 0. The second-order valence-corrected chi connectivity index (χ2v) is 9.72. The van der Waals surface area contributed by atoms with Crippen molar-refractivity contribution < 1.29 is 9.59 Å². The minimum atomic E-state index is -0.703. The number of amides is 3. The Morgan fingerprint density at radius 2 is 1.77 bits per heavy atom. The maximum atomic E-state index is 13.2. The molecule has 1 saturated carbocycles. The highest BCUT2D eigenvalue weighted by molar-refractivity contribution is 6.07. The van der Waals surface area contributed by atoms with Crippen molar-refractivity contribution in [3.05, 3.63) is 65.2 Å².